The van der Waals surface area contributed by atoms with Crippen LogP contribution in [0.4, 0.5) is 0 Å². The van der Waals surface area contributed by atoms with Gasteiger partial charge in [-0.1, -0.05) is 72.4 Å². The van der Waals surface area contributed by atoms with Gasteiger partial charge in [-0.15, -0.1) is 10.2 Å². The number of benzene rings is 3. The number of rotatable bonds is 4. The summed E-state index contributed by atoms with van der Waals surface area (Å²) in [5.41, 5.74) is 2.40. The molecule has 0 atom stereocenters. The third-order valence-electron chi connectivity index (χ3n) is 3.79. The molecule has 0 radical (unpaired) electrons. The molecule has 3 nitrogen and oxygen atoms in total. The number of aromatic nitrogens is 3. The van der Waals surface area contributed by atoms with E-state index in [2.05, 4.69) is 64.8 Å². The number of hydrogen-bond donors (Lipinski definition) is 0. The van der Waals surface area contributed by atoms with Crippen molar-refractivity contribution in [2.24, 2.45) is 0 Å². The summed E-state index contributed by atoms with van der Waals surface area (Å²) in [5.74, 6) is 0.868. The number of fused-ring (bicyclic) bond motifs is 1. The second-order valence-electron chi connectivity index (χ2n) is 5.25. The second kappa shape index (κ2) is 6.26. The van der Waals surface area contributed by atoms with Gasteiger partial charge in [-0.05, 0) is 28.5 Å². The molecule has 4 aromatic rings. The number of para-hydroxylation sites is 1. The van der Waals surface area contributed by atoms with Crippen molar-refractivity contribution in [1.29, 1.82) is 0 Å². The third kappa shape index (κ3) is 2.85. The molecule has 1 heterocycles. The zero-order chi connectivity index (χ0) is 15.5. The van der Waals surface area contributed by atoms with Crippen LogP contribution >= 0.6 is 11.8 Å². The molecule has 0 amide bonds. The van der Waals surface area contributed by atoms with Crippen LogP contribution in [0, 0.1) is 0 Å². The van der Waals surface area contributed by atoms with Crippen molar-refractivity contribution in [1.82, 2.24) is 14.8 Å². The fraction of sp³-hybridized carbons (Fsp3) is 0.0526. The van der Waals surface area contributed by atoms with Gasteiger partial charge in [0.1, 0.15) is 6.33 Å². The molecule has 0 N–H and O–H groups in total. The van der Waals surface area contributed by atoms with Crippen molar-refractivity contribution >= 4 is 22.5 Å². The normalized spacial score (nSPS) is 11.0. The largest absolute Gasteiger partial charge is 0.277 e. The van der Waals surface area contributed by atoms with Crippen LogP contribution in [0.25, 0.3) is 16.5 Å². The topological polar surface area (TPSA) is 30.7 Å². The lowest BCUT2D eigenvalue weighted by molar-refractivity contribution is 0.884. The molecule has 112 valence electrons. The van der Waals surface area contributed by atoms with E-state index in [1.54, 1.807) is 18.1 Å². The first-order valence-electron chi connectivity index (χ1n) is 7.47. The predicted molar refractivity (Wildman–Crippen MR) is 94.9 cm³/mol. The van der Waals surface area contributed by atoms with Gasteiger partial charge in [0, 0.05) is 11.4 Å². The smallest absolute Gasteiger partial charge is 0.195 e. The molecular formula is C19H15N3S. The summed E-state index contributed by atoms with van der Waals surface area (Å²) in [4.78, 5) is 0. The molecule has 4 rings (SSSR count). The van der Waals surface area contributed by atoms with Gasteiger partial charge in [-0.25, -0.2) is 0 Å². The summed E-state index contributed by atoms with van der Waals surface area (Å²) in [6.45, 7) is 0. The van der Waals surface area contributed by atoms with Gasteiger partial charge in [0.05, 0.1) is 0 Å². The van der Waals surface area contributed by atoms with Crippen molar-refractivity contribution < 1.29 is 0 Å². The minimum absolute atomic E-state index is 0.868. The second-order valence-corrected chi connectivity index (χ2v) is 6.19. The summed E-state index contributed by atoms with van der Waals surface area (Å²) in [6, 6.07) is 25.1. The number of hydrogen-bond acceptors (Lipinski definition) is 3. The Bertz CT molecular complexity index is 926. The lowest BCUT2D eigenvalue weighted by Gasteiger charge is -2.08. The third-order valence-corrected chi connectivity index (χ3v) is 4.78. The highest BCUT2D eigenvalue weighted by Gasteiger charge is 2.08. The van der Waals surface area contributed by atoms with Crippen LogP contribution in [0.3, 0.4) is 0 Å². The Kier molecular flexibility index (Phi) is 3.82. The van der Waals surface area contributed by atoms with Gasteiger partial charge in [-0.3, -0.25) is 4.57 Å². The Morgan fingerprint density at radius 3 is 2.52 bits per heavy atom. The monoisotopic (exact) mass is 317 g/mol. The highest BCUT2D eigenvalue weighted by atomic mass is 32.2. The Labute approximate surface area is 139 Å². The quantitative estimate of drug-likeness (QED) is 0.511. The molecule has 0 saturated carbocycles. The first kappa shape index (κ1) is 14.0. The zero-order valence-corrected chi connectivity index (χ0v) is 13.3. The summed E-state index contributed by atoms with van der Waals surface area (Å²) in [5, 5.41) is 11.8. The van der Waals surface area contributed by atoms with Gasteiger partial charge >= 0.3 is 0 Å². The van der Waals surface area contributed by atoms with E-state index in [1.165, 1.54) is 16.3 Å². The van der Waals surface area contributed by atoms with Crippen LogP contribution in [0.5, 0.6) is 0 Å². The first-order valence-corrected chi connectivity index (χ1v) is 8.45. The average Bonchev–Trinajstić information content (AvgIpc) is 3.09. The van der Waals surface area contributed by atoms with E-state index in [-0.39, 0.29) is 0 Å². The van der Waals surface area contributed by atoms with Crippen molar-refractivity contribution in [3.63, 3.8) is 0 Å². The molecule has 0 aliphatic carbocycles. The molecule has 0 spiro atoms. The van der Waals surface area contributed by atoms with E-state index >= 15 is 0 Å². The van der Waals surface area contributed by atoms with E-state index in [0.717, 1.165) is 16.6 Å². The summed E-state index contributed by atoms with van der Waals surface area (Å²) in [6.07, 6.45) is 1.76. The molecule has 4 heteroatoms. The molecule has 0 unspecified atom stereocenters. The fourth-order valence-electron chi connectivity index (χ4n) is 2.65. The Balaban J connectivity index is 1.62. The summed E-state index contributed by atoms with van der Waals surface area (Å²) in [7, 11) is 0. The van der Waals surface area contributed by atoms with E-state index in [0.29, 0.717) is 0 Å². The molecule has 0 aliphatic rings. The van der Waals surface area contributed by atoms with Crippen molar-refractivity contribution in [2.45, 2.75) is 10.9 Å². The Morgan fingerprint density at radius 2 is 1.61 bits per heavy atom. The van der Waals surface area contributed by atoms with Crippen LogP contribution in [-0.4, -0.2) is 14.8 Å². The number of nitrogens with zero attached hydrogens (tertiary/aromatic N) is 3. The summed E-state index contributed by atoms with van der Waals surface area (Å²) >= 11 is 1.71. The van der Waals surface area contributed by atoms with Gasteiger partial charge in [0.25, 0.3) is 0 Å². The van der Waals surface area contributed by atoms with E-state index in [4.69, 9.17) is 0 Å². The molecule has 3 aromatic carbocycles. The highest BCUT2D eigenvalue weighted by molar-refractivity contribution is 7.98. The molecular weight excluding hydrogens is 302 g/mol. The maximum absolute atomic E-state index is 4.26. The van der Waals surface area contributed by atoms with Crippen LogP contribution in [-0.2, 0) is 5.75 Å². The zero-order valence-electron chi connectivity index (χ0n) is 12.5. The molecule has 0 bridgehead atoms. The standard InChI is InChI=1S/C19H15N3S/c1-2-10-17(11-3-1)22-14-20-21-19(22)23-13-16-9-6-8-15-7-4-5-12-18(15)16/h1-12,14H,13H2. The van der Waals surface area contributed by atoms with Crippen LogP contribution in [0.15, 0.2) is 84.3 Å². The lowest BCUT2D eigenvalue weighted by atomic mass is 10.1. The van der Waals surface area contributed by atoms with Gasteiger partial charge in [0.2, 0.25) is 0 Å². The minimum atomic E-state index is 0.868. The van der Waals surface area contributed by atoms with E-state index in [1.807, 2.05) is 22.8 Å². The average molecular weight is 317 g/mol. The Morgan fingerprint density at radius 1 is 0.826 bits per heavy atom. The maximum atomic E-state index is 4.26. The first-order chi connectivity index (χ1) is 11.4. The predicted octanol–water partition coefficient (Wildman–Crippen LogP) is 4.71. The van der Waals surface area contributed by atoms with Crippen molar-refractivity contribution in [3.8, 4) is 5.69 Å². The molecule has 1 aromatic heterocycles. The van der Waals surface area contributed by atoms with Gasteiger partial charge in [-0.2, -0.15) is 0 Å². The van der Waals surface area contributed by atoms with E-state index < -0.39 is 0 Å². The van der Waals surface area contributed by atoms with Crippen molar-refractivity contribution in [2.75, 3.05) is 0 Å². The summed E-state index contributed by atoms with van der Waals surface area (Å²) < 4.78 is 2.02. The highest BCUT2D eigenvalue weighted by Crippen LogP contribution is 2.27. The van der Waals surface area contributed by atoms with Crippen LogP contribution in [0.1, 0.15) is 5.56 Å². The number of thioether (sulfide) groups is 1. The minimum Gasteiger partial charge on any atom is -0.277 e. The molecule has 0 aliphatic heterocycles. The maximum Gasteiger partial charge on any atom is 0.195 e. The SMILES string of the molecule is c1ccc(-n2cnnc2SCc2cccc3ccccc23)cc1. The molecule has 0 saturated heterocycles. The molecule has 23 heavy (non-hydrogen) atoms. The lowest BCUT2D eigenvalue weighted by Crippen LogP contribution is -1.95. The van der Waals surface area contributed by atoms with Crippen molar-refractivity contribution in [3.05, 3.63) is 84.7 Å². The Hall–Kier alpha value is -2.59. The van der Waals surface area contributed by atoms with Crippen LogP contribution in [0.2, 0.25) is 0 Å². The van der Waals surface area contributed by atoms with Gasteiger partial charge < -0.3 is 0 Å². The van der Waals surface area contributed by atoms with Gasteiger partial charge in [0.15, 0.2) is 5.16 Å². The molecule has 0 fully saturated rings. The van der Waals surface area contributed by atoms with Crippen LogP contribution < -0.4 is 0 Å². The fourth-order valence-corrected chi connectivity index (χ4v) is 3.58. The van der Waals surface area contributed by atoms with E-state index in [9.17, 15) is 0 Å².